The summed E-state index contributed by atoms with van der Waals surface area (Å²) in [6.45, 7) is 1.04. The topological polar surface area (TPSA) is 59.8 Å². The number of nitrogens with one attached hydrogen (secondary N) is 1. The number of nitrogens with zero attached hydrogens (tertiary/aromatic N) is 3. The highest BCUT2D eigenvalue weighted by molar-refractivity contribution is 6.30. The summed E-state index contributed by atoms with van der Waals surface area (Å²) in [7, 11) is 0. The molecule has 0 atom stereocenters. The lowest BCUT2D eigenvalue weighted by molar-refractivity contribution is 0.0951. The van der Waals surface area contributed by atoms with E-state index in [0.717, 1.165) is 22.2 Å². The molecule has 0 saturated heterocycles. The van der Waals surface area contributed by atoms with Crippen LogP contribution in [0.5, 0.6) is 0 Å². The van der Waals surface area contributed by atoms with Crippen molar-refractivity contribution < 1.29 is 4.79 Å². The fourth-order valence-electron chi connectivity index (χ4n) is 2.90. The summed E-state index contributed by atoms with van der Waals surface area (Å²) in [4.78, 5) is 12.3. The number of rotatable bonds is 5. The third-order valence-corrected chi connectivity index (χ3v) is 4.55. The maximum absolute atomic E-state index is 12.3. The second kappa shape index (κ2) is 7.60. The first-order chi connectivity index (χ1) is 13.2. The molecule has 134 valence electrons. The summed E-state index contributed by atoms with van der Waals surface area (Å²) >= 11 is 5.96. The van der Waals surface area contributed by atoms with Crippen LogP contribution in [0, 0.1) is 0 Å². The molecule has 27 heavy (non-hydrogen) atoms. The molecule has 0 aliphatic heterocycles. The molecule has 5 nitrogen and oxygen atoms in total. The molecule has 1 amide bonds. The average Bonchev–Trinajstić information content (AvgIpc) is 3.10. The predicted molar refractivity (Wildman–Crippen MR) is 106 cm³/mol. The highest BCUT2D eigenvalue weighted by atomic mass is 35.5. The van der Waals surface area contributed by atoms with Gasteiger partial charge in [0.1, 0.15) is 5.52 Å². The van der Waals surface area contributed by atoms with Crippen LogP contribution in [0.15, 0.2) is 72.8 Å². The lowest BCUT2D eigenvalue weighted by atomic mass is 10.1. The molecule has 0 fully saturated rings. The van der Waals surface area contributed by atoms with Crippen LogP contribution in [0.4, 0.5) is 0 Å². The Morgan fingerprint density at radius 2 is 1.78 bits per heavy atom. The maximum Gasteiger partial charge on any atom is 0.251 e. The Kier molecular flexibility index (Phi) is 4.85. The van der Waals surface area contributed by atoms with E-state index in [9.17, 15) is 4.79 Å². The average molecular weight is 377 g/mol. The van der Waals surface area contributed by atoms with E-state index in [0.29, 0.717) is 23.7 Å². The zero-order valence-corrected chi connectivity index (χ0v) is 15.2. The minimum atomic E-state index is -0.118. The van der Waals surface area contributed by atoms with Crippen molar-refractivity contribution in [2.45, 2.75) is 13.1 Å². The molecule has 1 aromatic heterocycles. The van der Waals surface area contributed by atoms with E-state index in [4.69, 9.17) is 11.6 Å². The second-order valence-corrected chi connectivity index (χ2v) is 6.68. The summed E-state index contributed by atoms with van der Waals surface area (Å²) in [5.74, 6) is -0.118. The molecule has 1 heterocycles. The molecule has 0 saturated carbocycles. The number of carbonyl (C=O) groups excluding carboxylic acids is 1. The number of benzene rings is 3. The quantitative estimate of drug-likeness (QED) is 0.571. The van der Waals surface area contributed by atoms with E-state index in [1.807, 2.05) is 77.5 Å². The fourth-order valence-corrected chi connectivity index (χ4v) is 3.11. The van der Waals surface area contributed by atoms with Crippen molar-refractivity contribution in [2.75, 3.05) is 0 Å². The van der Waals surface area contributed by atoms with Crippen molar-refractivity contribution in [1.29, 1.82) is 0 Å². The second-order valence-electron chi connectivity index (χ2n) is 6.25. The van der Waals surface area contributed by atoms with Gasteiger partial charge in [-0.15, -0.1) is 5.10 Å². The number of carbonyl (C=O) groups is 1. The third-order valence-electron chi connectivity index (χ3n) is 4.31. The Balaban J connectivity index is 1.41. The fraction of sp³-hybridized carbons (Fsp3) is 0.0952. The highest BCUT2D eigenvalue weighted by Gasteiger charge is 2.07. The van der Waals surface area contributed by atoms with E-state index in [1.165, 1.54) is 0 Å². The summed E-state index contributed by atoms with van der Waals surface area (Å²) in [6, 6.07) is 22.8. The molecule has 0 aliphatic carbocycles. The zero-order valence-electron chi connectivity index (χ0n) is 14.5. The van der Waals surface area contributed by atoms with Gasteiger partial charge in [0, 0.05) is 17.1 Å². The molecule has 3 aromatic carbocycles. The number of aromatic nitrogens is 3. The Hall–Kier alpha value is -3.18. The Morgan fingerprint density at radius 1 is 0.963 bits per heavy atom. The summed E-state index contributed by atoms with van der Waals surface area (Å²) < 4.78 is 1.85. The van der Waals surface area contributed by atoms with Crippen LogP contribution in [0.3, 0.4) is 0 Å². The normalized spacial score (nSPS) is 10.9. The van der Waals surface area contributed by atoms with E-state index in [-0.39, 0.29) is 5.91 Å². The highest BCUT2D eigenvalue weighted by Crippen LogP contribution is 2.13. The number of para-hydroxylation sites is 1. The van der Waals surface area contributed by atoms with Gasteiger partial charge in [-0.2, -0.15) is 0 Å². The van der Waals surface area contributed by atoms with Crippen LogP contribution < -0.4 is 5.32 Å². The van der Waals surface area contributed by atoms with Crippen LogP contribution in [0.1, 0.15) is 21.5 Å². The third kappa shape index (κ3) is 3.99. The van der Waals surface area contributed by atoms with Gasteiger partial charge in [0.05, 0.1) is 12.1 Å². The van der Waals surface area contributed by atoms with Crippen LogP contribution in [0.2, 0.25) is 5.02 Å². The molecule has 0 unspecified atom stereocenters. The van der Waals surface area contributed by atoms with E-state index in [2.05, 4.69) is 15.6 Å². The number of amides is 1. The van der Waals surface area contributed by atoms with Crippen molar-refractivity contribution in [3.05, 3.63) is 94.5 Å². The van der Waals surface area contributed by atoms with Gasteiger partial charge in [0.2, 0.25) is 0 Å². The van der Waals surface area contributed by atoms with Crippen LogP contribution in [-0.2, 0) is 13.1 Å². The van der Waals surface area contributed by atoms with Gasteiger partial charge in [0.15, 0.2) is 0 Å². The number of halogens is 1. The molecular weight excluding hydrogens is 360 g/mol. The molecule has 0 radical (unpaired) electrons. The summed E-state index contributed by atoms with van der Waals surface area (Å²) in [5, 5.41) is 11.9. The minimum Gasteiger partial charge on any atom is -0.348 e. The van der Waals surface area contributed by atoms with Gasteiger partial charge in [0.25, 0.3) is 5.91 Å². The first-order valence-electron chi connectivity index (χ1n) is 8.59. The summed E-state index contributed by atoms with van der Waals surface area (Å²) in [5.41, 5.74) is 4.49. The van der Waals surface area contributed by atoms with Gasteiger partial charge in [-0.1, -0.05) is 53.2 Å². The van der Waals surface area contributed by atoms with Crippen molar-refractivity contribution in [3.63, 3.8) is 0 Å². The monoisotopic (exact) mass is 376 g/mol. The van der Waals surface area contributed by atoms with E-state index < -0.39 is 0 Å². The smallest absolute Gasteiger partial charge is 0.251 e. The molecule has 4 aromatic rings. The van der Waals surface area contributed by atoms with E-state index in [1.54, 1.807) is 0 Å². The first-order valence-corrected chi connectivity index (χ1v) is 8.97. The molecule has 0 spiro atoms. The largest absolute Gasteiger partial charge is 0.348 e. The van der Waals surface area contributed by atoms with Crippen molar-refractivity contribution in [1.82, 2.24) is 20.3 Å². The van der Waals surface area contributed by atoms with Crippen molar-refractivity contribution >= 4 is 28.5 Å². The molecular formula is C21H17ClN4O. The standard InChI is InChI=1S/C21H17ClN4O/c22-18-5-3-4-16(12-18)13-23-21(27)17-10-8-15(9-11-17)14-26-20-7-2-1-6-19(20)24-25-26/h1-12H,13-14H2,(H,23,27). The number of hydrogen-bond donors (Lipinski definition) is 1. The van der Waals surface area contributed by atoms with Crippen LogP contribution in [0.25, 0.3) is 11.0 Å². The van der Waals surface area contributed by atoms with Crippen molar-refractivity contribution in [2.24, 2.45) is 0 Å². The van der Waals surface area contributed by atoms with Gasteiger partial charge in [-0.3, -0.25) is 4.79 Å². The Morgan fingerprint density at radius 3 is 2.59 bits per heavy atom. The Bertz CT molecular complexity index is 1090. The van der Waals surface area contributed by atoms with Gasteiger partial charge >= 0.3 is 0 Å². The molecule has 4 rings (SSSR count). The van der Waals surface area contributed by atoms with Gasteiger partial charge < -0.3 is 5.32 Å². The molecule has 0 bridgehead atoms. The lowest BCUT2D eigenvalue weighted by Crippen LogP contribution is -2.22. The van der Waals surface area contributed by atoms with Crippen LogP contribution in [-0.4, -0.2) is 20.9 Å². The molecule has 1 N–H and O–H groups in total. The minimum absolute atomic E-state index is 0.118. The SMILES string of the molecule is O=C(NCc1cccc(Cl)c1)c1ccc(Cn2nnc3ccccc32)cc1. The first kappa shape index (κ1) is 17.2. The van der Waals surface area contributed by atoms with E-state index >= 15 is 0 Å². The summed E-state index contributed by atoms with van der Waals surface area (Å²) in [6.07, 6.45) is 0. The number of fused-ring (bicyclic) bond motifs is 1. The Labute approximate surface area is 161 Å². The van der Waals surface area contributed by atoms with Crippen molar-refractivity contribution in [3.8, 4) is 0 Å². The molecule has 0 aliphatic rings. The van der Waals surface area contributed by atoms with Gasteiger partial charge in [-0.25, -0.2) is 4.68 Å². The predicted octanol–water partition coefficient (Wildman–Crippen LogP) is 4.06. The van der Waals surface area contributed by atoms with Crippen LogP contribution >= 0.6 is 11.6 Å². The molecule has 6 heteroatoms. The lowest BCUT2D eigenvalue weighted by Gasteiger charge is -2.07. The van der Waals surface area contributed by atoms with Gasteiger partial charge in [-0.05, 0) is 47.5 Å². The number of hydrogen-bond acceptors (Lipinski definition) is 3. The maximum atomic E-state index is 12.3. The zero-order chi connectivity index (χ0) is 18.6.